The molecule has 0 heterocycles. The lowest BCUT2D eigenvalue weighted by Gasteiger charge is -2.24. The summed E-state index contributed by atoms with van der Waals surface area (Å²) in [7, 11) is 0. The first-order valence-electron chi connectivity index (χ1n) is 6.34. The Bertz CT molecular complexity index is 416. The number of rotatable bonds is 5. The Morgan fingerprint density at radius 1 is 1.44 bits per heavy atom. The standard InChI is InChI=1S/C14H23N3O/c1-5-17(10(2)3)9-14(18)16-13-8-6-7-12(15)11(13)4/h6-8,10H,5,9,15H2,1-4H3,(H,16,18). The fourth-order valence-electron chi connectivity index (χ4n) is 1.82. The maximum atomic E-state index is 12.0. The summed E-state index contributed by atoms with van der Waals surface area (Å²) >= 11 is 0. The zero-order valence-corrected chi connectivity index (χ0v) is 11.7. The van der Waals surface area contributed by atoms with Gasteiger partial charge in [-0.3, -0.25) is 9.69 Å². The number of likely N-dealkylation sites (N-methyl/N-ethyl adjacent to an activating group) is 1. The maximum Gasteiger partial charge on any atom is 0.238 e. The zero-order valence-electron chi connectivity index (χ0n) is 11.7. The third-order valence-electron chi connectivity index (χ3n) is 3.13. The lowest BCUT2D eigenvalue weighted by atomic mass is 10.1. The number of nitrogens with two attached hydrogens (primary N) is 1. The molecule has 0 spiro atoms. The molecule has 0 saturated heterocycles. The van der Waals surface area contributed by atoms with Crippen LogP contribution in [0.25, 0.3) is 0 Å². The minimum Gasteiger partial charge on any atom is -0.398 e. The van der Waals surface area contributed by atoms with E-state index in [0.29, 0.717) is 18.3 Å². The second kappa shape index (κ2) is 6.40. The molecule has 0 saturated carbocycles. The number of benzene rings is 1. The highest BCUT2D eigenvalue weighted by Gasteiger charge is 2.13. The van der Waals surface area contributed by atoms with Gasteiger partial charge in [-0.2, -0.15) is 0 Å². The van der Waals surface area contributed by atoms with Gasteiger partial charge in [-0.05, 0) is 45.0 Å². The average molecular weight is 249 g/mol. The summed E-state index contributed by atoms with van der Waals surface area (Å²) in [5.41, 5.74) is 8.22. The predicted octanol–water partition coefficient (Wildman–Crippen LogP) is 2.25. The summed E-state index contributed by atoms with van der Waals surface area (Å²) in [6, 6.07) is 5.91. The first-order chi connectivity index (χ1) is 8.45. The molecule has 1 rings (SSSR count). The fraction of sp³-hybridized carbons (Fsp3) is 0.500. The minimum atomic E-state index is -0.000694. The summed E-state index contributed by atoms with van der Waals surface area (Å²) in [6.07, 6.45) is 0. The van der Waals surface area contributed by atoms with Gasteiger partial charge in [-0.1, -0.05) is 13.0 Å². The number of nitrogen functional groups attached to an aromatic ring is 1. The molecule has 0 fully saturated rings. The lowest BCUT2D eigenvalue weighted by molar-refractivity contribution is -0.117. The largest absolute Gasteiger partial charge is 0.398 e. The first-order valence-corrected chi connectivity index (χ1v) is 6.34. The Labute approximate surface area is 109 Å². The smallest absolute Gasteiger partial charge is 0.238 e. The lowest BCUT2D eigenvalue weighted by Crippen LogP contribution is -2.37. The van der Waals surface area contributed by atoms with Crippen molar-refractivity contribution in [3.8, 4) is 0 Å². The van der Waals surface area contributed by atoms with E-state index < -0.39 is 0 Å². The van der Waals surface area contributed by atoms with E-state index in [1.807, 2.05) is 25.1 Å². The molecule has 0 unspecified atom stereocenters. The van der Waals surface area contributed by atoms with Gasteiger partial charge in [-0.15, -0.1) is 0 Å². The van der Waals surface area contributed by atoms with E-state index in [-0.39, 0.29) is 5.91 Å². The van der Waals surface area contributed by atoms with E-state index in [1.54, 1.807) is 0 Å². The Balaban J connectivity index is 2.67. The highest BCUT2D eigenvalue weighted by molar-refractivity contribution is 5.93. The van der Waals surface area contributed by atoms with E-state index in [0.717, 1.165) is 17.8 Å². The molecule has 0 bridgehead atoms. The average Bonchev–Trinajstić information content (AvgIpc) is 2.31. The van der Waals surface area contributed by atoms with Crippen LogP contribution in [-0.2, 0) is 4.79 Å². The highest BCUT2D eigenvalue weighted by Crippen LogP contribution is 2.20. The van der Waals surface area contributed by atoms with Gasteiger partial charge in [0.25, 0.3) is 0 Å². The molecule has 100 valence electrons. The SMILES string of the molecule is CCN(CC(=O)Nc1cccc(N)c1C)C(C)C. The molecule has 4 heteroatoms. The van der Waals surface area contributed by atoms with Crippen LogP contribution in [0.2, 0.25) is 0 Å². The molecule has 0 atom stereocenters. The number of carbonyl (C=O) groups is 1. The summed E-state index contributed by atoms with van der Waals surface area (Å²) in [6.45, 7) is 9.40. The second-order valence-electron chi connectivity index (χ2n) is 4.72. The number of carbonyl (C=O) groups excluding carboxylic acids is 1. The van der Waals surface area contributed by atoms with Crippen molar-refractivity contribution in [3.63, 3.8) is 0 Å². The van der Waals surface area contributed by atoms with Gasteiger partial charge < -0.3 is 11.1 Å². The molecule has 1 aromatic rings. The van der Waals surface area contributed by atoms with Gasteiger partial charge in [-0.25, -0.2) is 0 Å². The Hall–Kier alpha value is -1.55. The third kappa shape index (κ3) is 3.74. The Kier molecular flexibility index (Phi) is 5.16. The van der Waals surface area contributed by atoms with Crippen LogP contribution in [0.3, 0.4) is 0 Å². The second-order valence-corrected chi connectivity index (χ2v) is 4.72. The van der Waals surface area contributed by atoms with Crippen LogP contribution >= 0.6 is 0 Å². The van der Waals surface area contributed by atoms with Gasteiger partial charge >= 0.3 is 0 Å². The minimum absolute atomic E-state index is 0.000694. The molecule has 1 amide bonds. The van der Waals surface area contributed by atoms with Crippen molar-refractivity contribution in [1.82, 2.24) is 4.90 Å². The van der Waals surface area contributed by atoms with Crippen molar-refractivity contribution in [1.29, 1.82) is 0 Å². The fourth-order valence-corrected chi connectivity index (χ4v) is 1.82. The topological polar surface area (TPSA) is 58.4 Å². The van der Waals surface area contributed by atoms with Crippen LogP contribution < -0.4 is 11.1 Å². The summed E-state index contributed by atoms with van der Waals surface area (Å²) in [5, 5.41) is 2.91. The van der Waals surface area contributed by atoms with E-state index >= 15 is 0 Å². The van der Waals surface area contributed by atoms with Gasteiger partial charge in [0.1, 0.15) is 0 Å². The Morgan fingerprint density at radius 2 is 2.11 bits per heavy atom. The number of nitrogens with zero attached hydrogens (tertiary/aromatic N) is 1. The maximum absolute atomic E-state index is 12.0. The van der Waals surface area contributed by atoms with E-state index in [2.05, 4.69) is 31.0 Å². The summed E-state index contributed by atoms with van der Waals surface area (Å²) in [5.74, 6) is -0.000694. The molecule has 4 nitrogen and oxygen atoms in total. The first kappa shape index (κ1) is 14.5. The molecule has 0 aliphatic heterocycles. The van der Waals surface area contributed by atoms with Crippen molar-refractivity contribution in [3.05, 3.63) is 23.8 Å². The number of hydrogen-bond donors (Lipinski definition) is 2. The van der Waals surface area contributed by atoms with Crippen LogP contribution in [0.1, 0.15) is 26.3 Å². The molecule has 0 radical (unpaired) electrons. The highest BCUT2D eigenvalue weighted by atomic mass is 16.2. The summed E-state index contributed by atoms with van der Waals surface area (Å²) in [4.78, 5) is 14.1. The molecule has 0 aliphatic rings. The molecule has 0 aromatic heterocycles. The Morgan fingerprint density at radius 3 is 2.67 bits per heavy atom. The van der Waals surface area contributed by atoms with Crippen LogP contribution in [0.4, 0.5) is 11.4 Å². The van der Waals surface area contributed by atoms with Crippen molar-refractivity contribution in [2.24, 2.45) is 0 Å². The van der Waals surface area contributed by atoms with Crippen molar-refractivity contribution in [2.45, 2.75) is 33.7 Å². The molecule has 1 aromatic carbocycles. The zero-order chi connectivity index (χ0) is 13.7. The third-order valence-corrected chi connectivity index (χ3v) is 3.13. The van der Waals surface area contributed by atoms with Gasteiger partial charge in [0, 0.05) is 17.4 Å². The monoisotopic (exact) mass is 249 g/mol. The van der Waals surface area contributed by atoms with Crippen molar-refractivity contribution < 1.29 is 4.79 Å². The van der Waals surface area contributed by atoms with E-state index in [9.17, 15) is 4.79 Å². The van der Waals surface area contributed by atoms with E-state index in [4.69, 9.17) is 5.73 Å². The quantitative estimate of drug-likeness (QED) is 0.787. The number of nitrogens with one attached hydrogen (secondary N) is 1. The molecular weight excluding hydrogens is 226 g/mol. The van der Waals surface area contributed by atoms with Crippen LogP contribution in [0, 0.1) is 6.92 Å². The van der Waals surface area contributed by atoms with Crippen molar-refractivity contribution >= 4 is 17.3 Å². The summed E-state index contributed by atoms with van der Waals surface area (Å²) < 4.78 is 0. The predicted molar refractivity (Wildman–Crippen MR) is 76.6 cm³/mol. The molecule has 0 aliphatic carbocycles. The van der Waals surface area contributed by atoms with Crippen LogP contribution in [0.15, 0.2) is 18.2 Å². The normalized spacial score (nSPS) is 11.0. The van der Waals surface area contributed by atoms with Crippen LogP contribution in [-0.4, -0.2) is 29.9 Å². The molecule has 3 N–H and O–H groups in total. The molecular formula is C14H23N3O. The van der Waals surface area contributed by atoms with Gasteiger partial charge in [0.2, 0.25) is 5.91 Å². The number of amides is 1. The van der Waals surface area contributed by atoms with Crippen LogP contribution in [0.5, 0.6) is 0 Å². The van der Waals surface area contributed by atoms with Crippen molar-refractivity contribution in [2.75, 3.05) is 24.1 Å². The number of hydrogen-bond acceptors (Lipinski definition) is 3. The van der Waals surface area contributed by atoms with Gasteiger partial charge in [0.05, 0.1) is 6.54 Å². The van der Waals surface area contributed by atoms with E-state index in [1.165, 1.54) is 0 Å². The number of anilines is 2. The molecule has 18 heavy (non-hydrogen) atoms. The van der Waals surface area contributed by atoms with Gasteiger partial charge in [0.15, 0.2) is 0 Å².